The van der Waals surface area contributed by atoms with E-state index in [-0.39, 0.29) is 11.1 Å². The fourth-order valence-electron chi connectivity index (χ4n) is 3.32. The molecule has 138 valence electrons. The summed E-state index contributed by atoms with van der Waals surface area (Å²) in [7, 11) is 1.78. The van der Waals surface area contributed by atoms with Gasteiger partial charge in [0.1, 0.15) is 0 Å². The average molecular weight is 361 g/mol. The van der Waals surface area contributed by atoms with Gasteiger partial charge in [0.25, 0.3) is 0 Å². The second-order valence-corrected chi connectivity index (χ2v) is 8.08. The summed E-state index contributed by atoms with van der Waals surface area (Å²) in [5.41, 5.74) is 5.39. The van der Waals surface area contributed by atoms with Crippen molar-refractivity contribution in [3.63, 3.8) is 0 Å². The van der Waals surface area contributed by atoms with E-state index in [1.807, 2.05) is 41.0 Å². The molecule has 4 aromatic rings. The van der Waals surface area contributed by atoms with Crippen molar-refractivity contribution in [2.75, 3.05) is 0 Å². The zero-order valence-corrected chi connectivity index (χ0v) is 16.0. The van der Waals surface area contributed by atoms with Crippen molar-refractivity contribution in [3.05, 3.63) is 59.1 Å². The maximum absolute atomic E-state index is 12.7. The van der Waals surface area contributed by atoms with Gasteiger partial charge in [-0.25, -0.2) is 9.78 Å². The molecule has 0 aliphatic heterocycles. The fraction of sp³-hybridized carbons (Fsp3) is 0.286. The summed E-state index contributed by atoms with van der Waals surface area (Å²) in [5.74, 6) is 0. The number of pyridine rings is 1. The number of rotatable bonds is 3. The molecule has 0 bridgehead atoms. The number of aromatic amines is 1. The van der Waals surface area contributed by atoms with E-state index in [9.17, 15) is 4.79 Å². The van der Waals surface area contributed by atoms with Crippen LogP contribution in [0.1, 0.15) is 20.8 Å². The van der Waals surface area contributed by atoms with Crippen LogP contribution in [-0.4, -0.2) is 24.3 Å². The van der Waals surface area contributed by atoms with E-state index in [2.05, 4.69) is 37.0 Å². The number of hydrogen-bond acceptors (Lipinski definition) is 3. The van der Waals surface area contributed by atoms with E-state index >= 15 is 0 Å². The van der Waals surface area contributed by atoms with Crippen molar-refractivity contribution in [3.8, 4) is 22.5 Å². The van der Waals surface area contributed by atoms with Gasteiger partial charge >= 0.3 is 5.69 Å². The third-order valence-corrected chi connectivity index (χ3v) is 4.58. The van der Waals surface area contributed by atoms with Crippen molar-refractivity contribution in [1.29, 1.82) is 0 Å². The summed E-state index contributed by atoms with van der Waals surface area (Å²) < 4.78 is 3.44. The van der Waals surface area contributed by atoms with Gasteiger partial charge in [-0.2, -0.15) is 5.10 Å². The summed E-state index contributed by atoms with van der Waals surface area (Å²) in [4.78, 5) is 17.5. The number of aromatic nitrogens is 5. The lowest BCUT2D eigenvalue weighted by Gasteiger charge is -2.18. The number of nitrogens with zero attached hydrogens (tertiary/aromatic N) is 4. The molecule has 0 amide bonds. The SMILES string of the molecule is Cn1c(=O)n(CC(C)(C)C)c2ccc(-c3cccc(-c4ccn[nH]4)c3)nc21. The maximum Gasteiger partial charge on any atom is 0.330 e. The Morgan fingerprint density at radius 3 is 2.56 bits per heavy atom. The molecule has 0 aliphatic carbocycles. The standard InChI is InChI=1S/C21H23N5O/c1-21(2,3)13-26-18-9-8-16(23-19(18)25(4)20(26)27)14-6-5-7-15(12-14)17-10-11-22-24-17/h5-12H,13H2,1-4H3,(H,22,24). The average Bonchev–Trinajstić information content (AvgIpc) is 3.25. The minimum atomic E-state index is -0.0317. The first-order valence-electron chi connectivity index (χ1n) is 9.00. The predicted octanol–water partition coefficient (Wildman–Crippen LogP) is 3.84. The second-order valence-electron chi connectivity index (χ2n) is 8.08. The summed E-state index contributed by atoms with van der Waals surface area (Å²) in [6, 6.07) is 14.0. The number of fused-ring (bicyclic) bond motifs is 1. The highest BCUT2D eigenvalue weighted by Gasteiger charge is 2.18. The molecule has 27 heavy (non-hydrogen) atoms. The fourth-order valence-corrected chi connectivity index (χ4v) is 3.32. The van der Waals surface area contributed by atoms with E-state index < -0.39 is 0 Å². The van der Waals surface area contributed by atoms with Gasteiger partial charge in [0.15, 0.2) is 5.65 Å². The van der Waals surface area contributed by atoms with Crippen LogP contribution in [0.3, 0.4) is 0 Å². The van der Waals surface area contributed by atoms with E-state index in [0.29, 0.717) is 12.2 Å². The van der Waals surface area contributed by atoms with Gasteiger partial charge in [0, 0.05) is 30.9 Å². The number of nitrogens with one attached hydrogen (secondary N) is 1. The van der Waals surface area contributed by atoms with Crippen molar-refractivity contribution < 1.29 is 0 Å². The largest absolute Gasteiger partial charge is 0.330 e. The number of H-pyrrole nitrogens is 1. The third-order valence-electron chi connectivity index (χ3n) is 4.58. The summed E-state index contributed by atoms with van der Waals surface area (Å²) >= 11 is 0. The molecule has 0 saturated heterocycles. The zero-order valence-electron chi connectivity index (χ0n) is 16.0. The molecule has 0 atom stereocenters. The quantitative estimate of drug-likeness (QED) is 0.603. The molecule has 0 spiro atoms. The van der Waals surface area contributed by atoms with Crippen molar-refractivity contribution in [2.45, 2.75) is 27.3 Å². The van der Waals surface area contributed by atoms with E-state index in [1.165, 1.54) is 0 Å². The first kappa shape index (κ1) is 17.3. The summed E-state index contributed by atoms with van der Waals surface area (Å²) in [5, 5.41) is 7.00. The van der Waals surface area contributed by atoms with Crippen LogP contribution in [0.2, 0.25) is 0 Å². The van der Waals surface area contributed by atoms with Crippen LogP contribution >= 0.6 is 0 Å². The molecule has 6 heteroatoms. The lowest BCUT2D eigenvalue weighted by molar-refractivity contribution is 0.342. The van der Waals surface area contributed by atoms with Crippen molar-refractivity contribution in [1.82, 2.24) is 24.3 Å². The molecular formula is C21H23N5O. The molecule has 0 saturated carbocycles. The van der Waals surface area contributed by atoms with Crippen LogP contribution in [0.15, 0.2) is 53.5 Å². The molecule has 0 unspecified atom stereocenters. The zero-order chi connectivity index (χ0) is 19.2. The Kier molecular flexibility index (Phi) is 3.98. The molecule has 0 fully saturated rings. The molecule has 3 aromatic heterocycles. The van der Waals surface area contributed by atoms with Gasteiger partial charge in [0.2, 0.25) is 0 Å². The monoisotopic (exact) mass is 361 g/mol. The van der Waals surface area contributed by atoms with Crippen LogP contribution in [0.5, 0.6) is 0 Å². The van der Waals surface area contributed by atoms with E-state index in [0.717, 1.165) is 28.0 Å². The Hall–Kier alpha value is -3.15. The molecule has 0 aliphatic rings. The van der Waals surface area contributed by atoms with Crippen LogP contribution in [-0.2, 0) is 13.6 Å². The normalized spacial score (nSPS) is 12.0. The van der Waals surface area contributed by atoms with Crippen LogP contribution in [0, 0.1) is 5.41 Å². The molecule has 1 N–H and O–H groups in total. The molecule has 1 aromatic carbocycles. The Bertz CT molecular complexity index is 1160. The number of benzene rings is 1. The first-order chi connectivity index (χ1) is 12.8. The highest BCUT2D eigenvalue weighted by Crippen LogP contribution is 2.26. The maximum atomic E-state index is 12.7. The Balaban J connectivity index is 1.82. The Morgan fingerprint density at radius 1 is 1.07 bits per heavy atom. The lowest BCUT2D eigenvalue weighted by Crippen LogP contribution is -2.27. The van der Waals surface area contributed by atoms with Gasteiger partial charge in [-0.15, -0.1) is 0 Å². The van der Waals surface area contributed by atoms with Crippen LogP contribution in [0.25, 0.3) is 33.7 Å². The topological polar surface area (TPSA) is 68.5 Å². The summed E-state index contributed by atoms with van der Waals surface area (Å²) in [6.07, 6.45) is 1.74. The van der Waals surface area contributed by atoms with Crippen molar-refractivity contribution in [2.24, 2.45) is 12.5 Å². The first-order valence-corrected chi connectivity index (χ1v) is 9.00. The predicted molar refractivity (Wildman–Crippen MR) is 107 cm³/mol. The number of hydrogen-bond donors (Lipinski definition) is 1. The molecule has 6 nitrogen and oxygen atoms in total. The highest BCUT2D eigenvalue weighted by molar-refractivity contribution is 5.77. The minimum Gasteiger partial charge on any atom is -0.290 e. The number of imidazole rings is 1. The Labute approximate surface area is 157 Å². The lowest BCUT2D eigenvalue weighted by atomic mass is 9.97. The molecular weight excluding hydrogens is 338 g/mol. The minimum absolute atomic E-state index is 0.00912. The van der Waals surface area contributed by atoms with Crippen molar-refractivity contribution >= 4 is 11.2 Å². The Morgan fingerprint density at radius 2 is 1.85 bits per heavy atom. The molecule has 0 radical (unpaired) electrons. The van der Waals surface area contributed by atoms with Gasteiger partial charge in [-0.3, -0.25) is 14.2 Å². The molecule has 3 heterocycles. The van der Waals surface area contributed by atoms with Gasteiger partial charge in [-0.1, -0.05) is 39.0 Å². The van der Waals surface area contributed by atoms with Crippen LogP contribution < -0.4 is 5.69 Å². The smallest absolute Gasteiger partial charge is 0.290 e. The third kappa shape index (κ3) is 3.18. The number of aryl methyl sites for hydroxylation is 1. The highest BCUT2D eigenvalue weighted by atomic mass is 16.1. The van der Waals surface area contributed by atoms with Gasteiger partial charge < -0.3 is 0 Å². The van der Waals surface area contributed by atoms with Crippen LogP contribution in [0.4, 0.5) is 0 Å². The second kappa shape index (κ2) is 6.23. The van der Waals surface area contributed by atoms with E-state index in [4.69, 9.17) is 4.98 Å². The van der Waals surface area contributed by atoms with E-state index in [1.54, 1.807) is 17.8 Å². The molecule has 4 rings (SSSR count). The van der Waals surface area contributed by atoms with Gasteiger partial charge in [-0.05, 0) is 29.7 Å². The summed E-state index contributed by atoms with van der Waals surface area (Å²) in [6.45, 7) is 7.03. The van der Waals surface area contributed by atoms with Gasteiger partial charge in [0.05, 0.1) is 16.9 Å².